The predicted octanol–water partition coefficient (Wildman–Crippen LogP) is 3.33. The first-order valence-electron chi connectivity index (χ1n) is 5.88. The van der Waals surface area contributed by atoms with Crippen LogP contribution in [0.3, 0.4) is 0 Å². The van der Waals surface area contributed by atoms with E-state index in [1.54, 1.807) is 23.1 Å². The van der Waals surface area contributed by atoms with Gasteiger partial charge in [0, 0.05) is 16.5 Å². The fraction of sp³-hybridized carbons (Fsp3) is 0.154. The molecule has 0 aliphatic carbocycles. The van der Waals surface area contributed by atoms with Crippen LogP contribution in [0.2, 0.25) is 0 Å². The Kier molecular flexibility index (Phi) is 3.75. The molecule has 0 N–H and O–H groups in total. The van der Waals surface area contributed by atoms with Gasteiger partial charge in [-0.25, -0.2) is 19.0 Å². The Morgan fingerprint density at radius 1 is 1.35 bits per heavy atom. The molecular formula is C13H10ClFN4S. The van der Waals surface area contributed by atoms with Gasteiger partial charge < -0.3 is 0 Å². The Bertz CT molecular complexity index is 711. The molecule has 102 valence electrons. The molecule has 0 bridgehead atoms. The lowest BCUT2D eigenvalue weighted by atomic mass is 10.1. The highest BCUT2D eigenvalue weighted by atomic mass is 35.5. The van der Waals surface area contributed by atoms with Gasteiger partial charge in [-0.3, -0.25) is 0 Å². The van der Waals surface area contributed by atoms with Gasteiger partial charge in [0.25, 0.3) is 0 Å². The zero-order valence-electron chi connectivity index (χ0n) is 10.3. The maximum absolute atomic E-state index is 13.8. The molecule has 2 heterocycles. The second-order valence-corrected chi connectivity index (χ2v) is 5.30. The molecule has 0 aliphatic rings. The molecule has 3 rings (SSSR count). The summed E-state index contributed by atoms with van der Waals surface area (Å²) in [6.45, 7) is 0.341. The van der Waals surface area contributed by atoms with Gasteiger partial charge in [0.05, 0.1) is 18.1 Å². The van der Waals surface area contributed by atoms with E-state index in [-0.39, 0.29) is 5.82 Å². The molecule has 0 aliphatic heterocycles. The van der Waals surface area contributed by atoms with Gasteiger partial charge in [-0.15, -0.1) is 22.9 Å². The molecule has 0 saturated heterocycles. The van der Waals surface area contributed by atoms with Crippen molar-refractivity contribution in [2.24, 2.45) is 0 Å². The van der Waals surface area contributed by atoms with E-state index in [4.69, 9.17) is 11.6 Å². The van der Waals surface area contributed by atoms with Crippen LogP contribution in [0.4, 0.5) is 4.39 Å². The molecule has 0 radical (unpaired) electrons. The largest absolute Gasteiger partial charge is 0.248 e. The molecule has 3 aromatic rings. The number of rotatable bonds is 4. The van der Waals surface area contributed by atoms with Crippen LogP contribution >= 0.6 is 22.9 Å². The van der Waals surface area contributed by atoms with Crippen LogP contribution in [0.5, 0.6) is 0 Å². The summed E-state index contributed by atoms with van der Waals surface area (Å²) in [4.78, 5) is 8.24. The lowest BCUT2D eigenvalue weighted by Crippen LogP contribution is -2.02. The smallest absolute Gasteiger partial charge is 0.137 e. The standard InChI is InChI=1S/C13H10ClFN4S/c14-4-11-6-20-13(18-11)9-1-2-12(15)10(3-9)5-19-8-16-7-17-19/h1-3,6-8H,4-5H2. The second-order valence-electron chi connectivity index (χ2n) is 4.18. The quantitative estimate of drug-likeness (QED) is 0.694. The van der Waals surface area contributed by atoms with Gasteiger partial charge in [0.2, 0.25) is 0 Å². The van der Waals surface area contributed by atoms with Crippen LogP contribution in [-0.4, -0.2) is 19.7 Å². The van der Waals surface area contributed by atoms with Gasteiger partial charge >= 0.3 is 0 Å². The van der Waals surface area contributed by atoms with Crippen molar-refractivity contribution >= 4 is 22.9 Å². The first kappa shape index (κ1) is 13.2. The van der Waals surface area contributed by atoms with Crippen molar-refractivity contribution in [1.29, 1.82) is 0 Å². The Hall–Kier alpha value is -1.79. The topological polar surface area (TPSA) is 43.6 Å². The van der Waals surface area contributed by atoms with Gasteiger partial charge in [-0.1, -0.05) is 0 Å². The Labute approximate surface area is 123 Å². The monoisotopic (exact) mass is 308 g/mol. The van der Waals surface area contributed by atoms with Crippen molar-refractivity contribution < 1.29 is 4.39 Å². The minimum atomic E-state index is -0.265. The highest BCUT2D eigenvalue weighted by molar-refractivity contribution is 7.13. The molecule has 2 aromatic heterocycles. The van der Waals surface area contributed by atoms with Gasteiger partial charge in [-0.05, 0) is 18.2 Å². The Morgan fingerprint density at radius 3 is 2.95 bits per heavy atom. The summed E-state index contributed by atoms with van der Waals surface area (Å²) in [5.41, 5.74) is 2.26. The van der Waals surface area contributed by atoms with Crippen molar-refractivity contribution in [3.63, 3.8) is 0 Å². The average molecular weight is 309 g/mol. The van der Waals surface area contributed by atoms with Crippen LogP contribution in [0.15, 0.2) is 36.2 Å². The maximum atomic E-state index is 13.8. The summed E-state index contributed by atoms with van der Waals surface area (Å²) in [5.74, 6) is 0.113. The number of nitrogens with zero attached hydrogens (tertiary/aromatic N) is 4. The van der Waals surface area contributed by atoms with E-state index >= 15 is 0 Å². The average Bonchev–Trinajstić information content (AvgIpc) is 3.12. The van der Waals surface area contributed by atoms with Gasteiger partial charge in [-0.2, -0.15) is 5.10 Å². The molecule has 0 spiro atoms. The fourth-order valence-electron chi connectivity index (χ4n) is 1.82. The number of hydrogen-bond acceptors (Lipinski definition) is 4. The highest BCUT2D eigenvalue weighted by Gasteiger charge is 2.09. The number of halogens is 2. The van der Waals surface area contributed by atoms with Crippen molar-refractivity contribution in [3.05, 3.63) is 53.3 Å². The number of hydrogen-bond donors (Lipinski definition) is 0. The zero-order chi connectivity index (χ0) is 13.9. The summed E-state index contributed by atoms with van der Waals surface area (Å²) in [7, 11) is 0. The van der Waals surface area contributed by atoms with Crippen molar-refractivity contribution in [2.45, 2.75) is 12.4 Å². The number of thiazole rings is 1. The number of benzene rings is 1. The number of aromatic nitrogens is 4. The van der Waals surface area contributed by atoms with E-state index in [1.807, 2.05) is 5.38 Å². The molecule has 7 heteroatoms. The molecule has 0 fully saturated rings. The lowest BCUT2D eigenvalue weighted by molar-refractivity contribution is 0.585. The number of alkyl halides is 1. The van der Waals surface area contributed by atoms with Crippen molar-refractivity contribution in [3.8, 4) is 10.6 Å². The van der Waals surface area contributed by atoms with E-state index in [1.165, 1.54) is 23.7 Å². The molecular weight excluding hydrogens is 299 g/mol. The fourth-order valence-corrected chi connectivity index (χ4v) is 2.86. The molecule has 4 nitrogen and oxygen atoms in total. The lowest BCUT2D eigenvalue weighted by Gasteiger charge is -2.05. The first-order chi connectivity index (χ1) is 9.76. The van der Waals surface area contributed by atoms with Crippen LogP contribution in [0, 0.1) is 5.82 Å². The summed E-state index contributed by atoms with van der Waals surface area (Å²) in [6, 6.07) is 4.95. The van der Waals surface area contributed by atoms with E-state index < -0.39 is 0 Å². The Balaban J connectivity index is 1.93. The molecule has 1 aromatic carbocycles. The van der Waals surface area contributed by atoms with Crippen LogP contribution in [0.1, 0.15) is 11.3 Å². The van der Waals surface area contributed by atoms with Gasteiger partial charge in [0.1, 0.15) is 23.5 Å². The van der Waals surface area contributed by atoms with Crippen LogP contribution in [-0.2, 0) is 12.4 Å². The van der Waals surface area contributed by atoms with Crippen LogP contribution < -0.4 is 0 Å². The zero-order valence-corrected chi connectivity index (χ0v) is 11.9. The van der Waals surface area contributed by atoms with E-state index in [0.717, 1.165) is 16.3 Å². The van der Waals surface area contributed by atoms with Gasteiger partial charge in [0.15, 0.2) is 0 Å². The third kappa shape index (κ3) is 2.71. The van der Waals surface area contributed by atoms with E-state index in [9.17, 15) is 4.39 Å². The normalized spacial score (nSPS) is 10.9. The maximum Gasteiger partial charge on any atom is 0.137 e. The SMILES string of the molecule is Fc1ccc(-c2nc(CCl)cs2)cc1Cn1cncn1. The molecule has 0 unspecified atom stereocenters. The van der Waals surface area contributed by atoms with Crippen molar-refractivity contribution in [2.75, 3.05) is 0 Å². The van der Waals surface area contributed by atoms with Crippen LogP contribution in [0.25, 0.3) is 10.6 Å². The highest BCUT2D eigenvalue weighted by Crippen LogP contribution is 2.26. The minimum absolute atomic E-state index is 0.265. The summed E-state index contributed by atoms with van der Waals surface area (Å²) >= 11 is 7.24. The molecule has 0 atom stereocenters. The summed E-state index contributed by atoms with van der Waals surface area (Å²) in [6.07, 6.45) is 2.98. The van der Waals surface area contributed by atoms with Crippen molar-refractivity contribution in [1.82, 2.24) is 19.7 Å². The van der Waals surface area contributed by atoms with E-state index in [2.05, 4.69) is 15.1 Å². The first-order valence-corrected chi connectivity index (χ1v) is 7.29. The third-order valence-electron chi connectivity index (χ3n) is 2.78. The summed E-state index contributed by atoms with van der Waals surface area (Å²) in [5, 5.41) is 6.72. The predicted molar refractivity (Wildman–Crippen MR) is 76.2 cm³/mol. The molecule has 0 amide bonds. The second kappa shape index (κ2) is 5.68. The third-order valence-corrected chi connectivity index (χ3v) is 3.99. The molecule has 20 heavy (non-hydrogen) atoms. The van der Waals surface area contributed by atoms with E-state index in [0.29, 0.717) is 18.0 Å². The summed E-state index contributed by atoms with van der Waals surface area (Å²) < 4.78 is 15.4. The Morgan fingerprint density at radius 2 is 2.25 bits per heavy atom. The molecule has 0 saturated carbocycles. The minimum Gasteiger partial charge on any atom is -0.248 e.